The number of aromatic hydroxyl groups is 1. The molecule has 0 radical (unpaired) electrons. The van der Waals surface area contributed by atoms with E-state index in [1.807, 2.05) is 24.3 Å². The molecule has 2 aromatic carbocycles. The lowest BCUT2D eigenvalue weighted by Crippen LogP contribution is -2.18. The van der Waals surface area contributed by atoms with Gasteiger partial charge in [0.15, 0.2) is 5.69 Å². The third-order valence-electron chi connectivity index (χ3n) is 3.53. The Morgan fingerprint density at radius 3 is 2.63 bits per heavy atom. The fourth-order valence-electron chi connectivity index (χ4n) is 2.28. The number of halogens is 3. The highest BCUT2D eigenvalue weighted by Crippen LogP contribution is 2.32. The van der Waals surface area contributed by atoms with Gasteiger partial charge in [-0.2, -0.15) is 10.2 Å². The average molecular weight is 557 g/mol. The molecule has 6 nitrogen and oxygen atoms in total. The van der Waals surface area contributed by atoms with Crippen molar-refractivity contribution in [3.63, 3.8) is 0 Å². The maximum absolute atomic E-state index is 12.2. The van der Waals surface area contributed by atoms with E-state index in [2.05, 4.69) is 63.4 Å². The quantitative estimate of drug-likeness (QED) is 0.353. The van der Waals surface area contributed by atoms with E-state index in [4.69, 9.17) is 0 Å². The predicted molar refractivity (Wildman–Crippen MR) is 114 cm³/mol. The monoisotopic (exact) mass is 554 g/mol. The fraction of sp³-hybridized carbons (Fsp3) is 0.0556. The summed E-state index contributed by atoms with van der Waals surface area (Å²) in [4.78, 5) is 12.2. The van der Waals surface area contributed by atoms with Crippen LogP contribution in [0.1, 0.15) is 21.6 Å². The van der Waals surface area contributed by atoms with Crippen molar-refractivity contribution in [2.24, 2.45) is 5.10 Å². The Bertz CT molecular complexity index is 994. The van der Waals surface area contributed by atoms with Gasteiger partial charge in [0.05, 0.1) is 21.7 Å². The van der Waals surface area contributed by atoms with Crippen molar-refractivity contribution < 1.29 is 9.90 Å². The van der Waals surface area contributed by atoms with Crippen LogP contribution in [-0.2, 0) is 6.54 Å². The maximum atomic E-state index is 12.2. The van der Waals surface area contributed by atoms with E-state index in [9.17, 15) is 9.90 Å². The summed E-state index contributed by atoms with van der Waals surface area (Å²) >= 11 is 9.92. The van der Waals surface area contributed by atoms with E-state index in [-0.39, 0.29) is 11.4 Å². The van der Waals surface area contributed by atoms with Crippen LogP contribution in [0.2, 0.25) is 0 Å². The molecule has 0 unspecified atom stereocenters. The number of phenolic OH excluding ortho intramolecular Hbond substituents is 1. The van der Waals surface area contributed by atoms with E-state index in [0.29, 0.717) is 21.1 Å². The minimum absolute atomic E-state index is 0.104. The summed E-state index contributed by atoms with van der Waals surface area (Å²) in [5.41, 5.74) is 4.49. The Hall–Kier alpha value is -1.97. The van der Waals surface area contributed by atoms with E-state index in [1.165, 1.54) is 6.21 Å². The molecule has 0 atom stereocenters. The van der Waals surface area contributed by atoms with Gasteiger partial charge in [-0.05, 0) is 73.3 Å². The summed E-state index contributed by atoms with van der Waals surface area (Å²) in [6, 6.07) is 12.9. The molecule has 27 heavy (non-hydrogen) atoms. The maximum Gasteiger partial charge on any atom is 0.291 e. The van der Waals surface area contributed by atoms with Crippen LogP contribution in [-0.4, -0.2) is 27.0 Å². The number of hydrogen-bond donors (Lipinski definition) is 2. The molecule has 138 valence electrons. The largest absolute Gasteiger partial charge is 0.506 e. The Balaban J connectivity index is 1.62. The zero-order chi connectivity index (χ0) is 19.4. The highest BCUT2D eigenvalue weighted by atomic mass is 79.9. The van der Waals surface area contributed by atoms with Crippen molar-refractivity contribution >= 4 is 59.9 Å². The lowest BCUT2D eigenvalue weighted by atomic mass is 10.2. The molecule has 0 aliphatic rings. The van der Waals surface area contributed by atoms with Gasteiger partial charge in [-0.3, -0.25) is 9.48 Å². The SMILES string of the molecule is O=C(N/N=C\c1cc(Br)c(O)c(Br)c1)c1ccn(Cc2cccc(Br)c2)n1. The third-order valence-corrected chi connectivity index (χ3v) is 5.23. The zero-order valence-electron chi connectivity index (χ0n) is 13.7. The molecule has 3 aromatic rings. The Labute approximate surface area is 180 Å². The Morgan fingerprint density at radius 1 is 1.19 bits per heavy atom. The van der Waals surface area contributed by atoms with Crippen LogP contribution in [0.5, 0.6) is 5.75 Å². The summed E-state index contributed by atoms with van der Waals surface area (Å²) in [5, 5.41) is 17.9. The van der Waals surface area contributed by atoms with Crippen LogP contribution in [0, 0.1) is 0 Å². The molecule has 9 heteroatoms. The van der Waals surface area contributed by atoms with Crippen LogP contribution < -0.4 is 5.43 Å². The molecule has 1 aromatic heterocycles. The van der Waals surface area contributed by atoms with Gasteiger partial charge in [0.2, 0.25) is 0 Å². The Morgan fingerprint density at radius 2 is 1.93 bits per heavy atom. The van der Waals surface area contributed by atoms with Crippen molar-refractivity contribution in [2.45, 2.75) is 6.54 Å². The van der Waals surface area contributed by atoms with E-state index in [0.717, 1.165) is 10.0 Å². The number of hydrazone groups is 1. The summed E-state index contributed by atoms with van der Waals surface area (Å²) < 4.78 is 3.73. The molecule has 0 aliphatic carbocycles. The van der Waals surface area contributed by atoms with Crippen LogP contribution in [0.15, 0.2) is 67.2 Å². The number of phenols is 1. The summed E-state index contributed by atoms with van der Waals surface area (Å²) in [6.45, 7) is 0.561. The molecule has 1 amide bonds. The third kappa shape index (κ3) is 5.27. The first kappa shape index (κ1) is 19.8. The molecule has 2 N–H and O–H groups in total. The Kier molecular flexibility index (Phi) is 6.46. The van der Waals surface area contributed by atoms with Gasteiger partial charge in [0.25, 0.3) is 5.91 Å². The van der Waals surface area contributed by atoms with Crippen LogP contribution >= 0.6 is 47.8 Å². The second-order valence-corrected chi connectivity index (χ2v) is 8.19. The van der Waals surface area contributed by atoms with E-state index in [1.54, 1.807) is 29.1 Å². The van der Waals surface area contributed by atoms with Gasteiger partial charge >= 0.3 is 0 Å². The second-order valence-electron chi connectivity index (χ2n) is 5.56. The fourth-order valence-corrected chi connectivity index (χ4v) is 3.94. The molecule has 1 heterocycles. The van der Waals surface area contributed by atoms with Crippen molar-refractivity contribution in [1.29, 1.82) is 0 Å². The first-order valence-electron chi connectivity index (χ1n) is 7.71. The lowest BCUT2D eigenvalue weighted by molar-refractivity contribution is 0.0949. The number of hydrogen-bond acceptors (Lipinski definition) is 4. The first-order valence-corrected chi connectivity index (χ1v) is 10.1. The predicted octanol–water partition coefficient (Wildman–Crippen LogP) is 4.69. The molecule has 3 rings (SSSR count). The number of nitrogens with one attached hydrogen (secondary N) is 1. The molecule has 0 spiro atoms. The minimum atomic E-state index is -0.406. The number of aromatic nitrogens is 2. The number of carbonyl (C=O) groups excluding carboxylic acids is 1. The molecule has 0 fully saturated rings. The molecule has 0 saturated carbocycles. The van der Waals surface area contributed by atoms with E-state index < -0.39 is 5.91 Å². The summed E-state index contributed by atoms with van der Waals surface area (Å²) in [5.74, 6) is -0.302. The second kappa shape index (κ2) is 8.81. The normalized spacial score (nSPS) is 11.1. The topological polar surface area (TPSA) is 79.5 Å². The standard InChI is InChI=1S/C18H13Br3N4O2/c19-13-3-1-2-11(6-13)10-25-5-4-16(24-25)18(27)23-22-9-12-7-14(20)17(26)15(21)8-12/h1-9,26H,10H2,(H,23,27)/b22-9-. The van der Waals surface area contributed by atoms with Gasteiger partial charge in [-0.1, -0.05) is 28.1 Å². The number of amides is 1. The molecule has 0 bridgehead atoms. The van der Waals surface area contributed by atoms with Gasteiger partial charge in [-0.15, -0.1) is 0 Å². The minimum Gasteiger partial charge on any atom is -0.506 e. The van der Waals surface area contributed by atoms with Crippen LogP contribution in [0.3, 0.4) is 0 Å². The average Bonchev–Trinajstić information content (AvgIpc) is 3.08. The van der Waals surface area contributed by atoms with Gasteiger partial charge in [0, 0.05) is 10.7 Å². The number of nitrogens with zero attached hydrogens (tertiary/aromatic N) is 3. The molecule has 0 saturated heterocycles. The highest BCUT2D eigenvalue weighted by Gasteiger charge is 2.09. The number of benzene rings is 2. The summed E-state index contributed by atoms with van der Waals surface area (Å²) in [6.07, 6.45) is 3.22. The number of rotatable bonds is 5. The van der Waals surface area contributed by atoms with Crippen molar-refractivity contribution in [2.75, 3.05) is 0 Å². The van der Waals surface area contributed by atoms with Crippen molar-refractivity contribution in [1.82, 2.24) is 15.2 Å². The van der Waals surface area contributed by atoms with Gasteiger partial charge in [0.1, 0.15) is 5.75 Å². The highest BCUT2D eigenvalue weighted by molar-refractivity contribution is 9.11. The van der Waals surface area contributed by atoms with Crippen LogP contribution in [0.25, 0.3) is 0 Å². The van der Waals surface area contributed by atoms with Crippen molar-refractivity contribution in [3.05, 3.63) is 78.9 Å². The number of carbonyl (C=O) groups is 1. The zero-order valence-corrected chi connectivity index (χ0v) is 18.5. The van der Waals surface area contributed by atoms with E-state index >= 15 is 0 Å². The van der Waals surface area contributed by atoms with Crippen molar-refractivity contribution in [3.8, 4) is 5.75 Å². The first-order chi connectivity index (χ1) is 12.9. The smallest absolute Gasteiger partial charge is 0.291 e. The molecular weight excluding hydrogens is 544 g/mol. The lowest BCUT2D eigenvalue weighted by Gasteiger charge is -2.03. The van der Waals surface area contributed by atoms with Gasteiger partial charge < -0.3 is 5.11 Å². The molecule has 0 aliphatic heterocycles. The van der Waals surface area contributed by atoms with Gasteiger partial charge in [-0.25, -0.2) is 5.43 Å². The molecular formula is C18H13Br3N4O2. The van der Waals surface area contributed by atoms with Crippen LogP contribution in [0.4, 0.5) is 0 Å². The summed E-state index contributed by atoms with van der Waals surface area (Å²) in [7, 11) is 0.